The van der Waals surface area contributed by atoms with Crippen LogP contribution in [0.15, 0.2) is 67.3 Å². The predicted molar refractivity (Wildman–Crippen MR) is 96.5 cm³/mol. The van der Waals surface area contributed by atoms with Crippen molar-refractivity contribution >= 4 is 5.91 Å². The fraction of sp³-hybridized carbons (Fsp3) is 0.200. The molecule has 0 fully saturated rings. The Morgan fingerprint density at radius 1 is 1.19 bits per heavy atom. The third kappa shape index (κ3) is 3.26. The van der Waals surface area contributed by atoms with Crippen molar-refractivity contribution in [2.24, 2.45) is 0 Å². The Balaban J connectivity index is 1.40. The minimum atomic E-state index is -0.655. The summed E-state index contributed by atoms with van der Waals surface area (Å²) in [6, 6.07) is 15.2. The molecule has 0 spiro atoms. The van der Waals surface area contributed by atoms with Gasteiger partial charge in [0.05, 0.1) is 12.4 Å². The van der Waals surface area contributed by atoms with Crippen LogP contribution in [-0.2, 0) is 4.79 Å². The molecular formula is C20H19N3O3. The quantitative estimate of drug-likeness (QED) is 0.787. The number of rotatable bonds is 4. The Morgan fingerprint density at radius 2 is 1.96 bits per heavy atom. The number of hydrogen-bond donors (Lipinski definition) is 1. The van der Waals surface area contributed by atoms with E-state index in [-0.39, 0.29) is 18.6 Å². The van der Waals surface area contributed by atoms with Gasteiger partial charge in [-0.25, -0.2) is 4.98 Å². The van der Waals surface area contributed by atoms with Crippen LogP contribution in [-0.4, -0.2) is 28.2 Å². The van der Waals surface area contributed by atoms with Gasteiger partial charge >= 0.3 is 0 Å². The molecule has 1 N–H and O–H groups in total. The standard InChI is InChI=1S/C20H19N3O3/c1-14(15-6-8-16(9-7-15)23-11-10-21-13-23)22-20(24)19-12-25-17-4-2-3-5-18(17)26-19/h2-11,13-14,19H,12H2,1H3,(H,22,24). The van der Waals surface area contributed by atoms with Gasteiger partial charge in [0.25, 0.3) is 5.91 Å². The minimum Gasteiger partial charge on any atom is -0.485 e. The second kappa shape index (κ2) is 6.92. The van der Waals surface area contributed by atoms with Gasteiger partial charge < -0.3 is 19.4 Å². The number of aromatic nitrogens is 2. The zero-order valence-corrected chi connectivity index (χ0v) is 14.3. The van der Waals surface area contributed by atoms with E-state index in [4.69, 9.17) is 9.47 Å². The average Bonchev–Trinajstić information content (AvgIpc) is 3.22. The van der Waals surface area contributed by atoms with Gasteiger partial charge in [0.1, 0.15) is 6.61 Å². The lowest BCUT2D eigenvalue weighted by molar-refractivity contribution is -0.131. The largest absolute Gasteiger partial charge is 0.485 e. The zero-order chi connectivity index (χ0) is 17.9. The highest BCUT2D eigenvalue weighted by atomic mass is 16.6. The molecule has 1 amide bonds. The van der Waals surface area contributed by atoms with Gasteiger partial charge in [-0.1, -0.05) is 24.3 Å². The van der Waals surface area contributed by atoms with Crippen molar-refractivity contribution in [2.45, 2.75) is 19.1 Å². The third-order valence-corrected chi connectivity index (χ3v) is 4.36. The fourth-order valence-electron chi connectivity index (χ4n) is 2.89. The third-order valence-electron chi connectivity index (χ3n) is 4.36. The summed E-state index contributed by atoms with van der Waals surface area (Å²) >= 11 is 0. The van der Waals surface area contributed by atoms with Crippen LogP contribution in [0, 0.1) is 0 Å². The normalized spacial score (nSPS) is 16.7. The number of amides is 1. The van der Waals surface area contributed by atoms with E-state index in [0.717, 1.165) is 11.3 Å². The molecule has 0 saturated carbocycles. The summed E-state index contributed by atoms with van der Waals surface area (Å²) in [5.74, 6) is 1.07. The van der Waals surface area contributed by atoms with E-state index in [1.165, 1.54) is 0 Å². The second-order valence-corrected chi connectivity index (χ2v) is 6.16. The van der Waals surface area contributed by atoms with Crippen LogP contribution in [0.5, 0.6) is 11.5 Å². The molecule has 2 aromatic carbocycles. The minimum absolute atomic E-state index is 0.139. The number of benzene rings is 2. The topological polar surface area (TPSA) is 65.4 Å². The summed E-state index contributed by atoms with van der Waals surface area (Å²) in [7, 11) is 0. The van der Waals surface area contributed by atoms with Crippen LogP contribution < -0.4 is 14.8 Å². The molecule has 0 aliphatic carbocycles. The van der Waals surface area contributed by atoms with Crippen LogP contribution in [0.4, 0.5) is 0 Å². The maximum absolute atomic E-state index is 12.5. The zero-order valence-electron chi connectivity index (χ0n) is 14.3. The second-order valence-electron chi connectivity index (χ2n) is 6.16. The monoisotopic (exact) mass is 349 g/mol. The maximum atomic E-state index is 12.5. The summed E-state index contributed by atoms with van der Waals surface area (Å²) in [5, 5.41) is 2.99. The predicted octanol–water partition coefficient (Wildman–Crippen LogP) is 2.89. The molecule has 6 heteroatoms. The van der Waals surface area contributed by atoms with Gasteiger partial charge in [-0.2, -0.15) is 0 Å². The van der Waals surface area contributed by atoms with Gasteiger partial charge in [0.2, 0.25) is 6.10 Å². The Hall–Kier alpha value is -3.28. The van der Waals surface area contributed by atoms with E-state index in [9.17, 15) is 4.79 Å². The van der Waals surface area contributed by atoms with E-state index in [1.54, 1.807) is 18.6 Å². The van der Waals surface area contributed by atoms with Crippen LogP contribution in [0.25, 0.3) is 5.69 Å². The lowest BCUT2D eigenvalue weighted by Gasteiger charge is -2.26. The molecule has 26 heavy (non-hydrogen) atoms. The average molecular weight is 349 g/mol. The van der Waals surface area contributed by atoms with E-state index in [0.29, 0.717) is 11.5 Å². The molecule has 0 radical (unpaired) electrons. The summed E-state index contributed by atoms with van der Waals surface area (Å²) in [6.45, 7) is 2.15. The molecule has 0 bridgehead atoms. The number of nitrogens with zero attached hydrogens (tertiary/aromatic N) is 2. The molecule has 1 aliphatic rings. The molecule has 132 valence electrons. The first-order valence-corrected chi connectivity index (χ1v) is 8.48. The molecule has 2 atom stereocenters. The molecule has 1 aliphatic heterocycles. The first-order chi connectivity index (χ1) is 12.7. The Labute approximate surface area is 151 Å². The van der Waals surface area contributed by atoms with Crippen LogP contribution in [0.2, 0.25) is 0 Å². The molecule has 4 rings (SSSR count). The summed E-state index contributed by atoms with van der Waals surface area (Å²) in [6.07, 6.45) is 4.72. The van der Waals surface area contributed by atoms with E-state index >= 15 is 0 Å². The molecule has 1 aromatic heterocycles. The number of imidazole rings is 1. The summed E-state index contributed by atoms with van der Waals surface area (Å²) in [4.78, 5) is 16.6. The molecule has 2 heterocycles. The number of carbonyl (C=O) groups excluding carboxylic acids is 1. The highest BCUT2D eigenvalue weighted by Crippen LogP contribution is 2.31. The van der Waals surface area contributed by atoms with Gasteiger partial charge in [-0.05, 0) is 36.8 Å². The number of hydrogen-bond acceptors (Lipinski definition) is 4. The van der Waals surface area contributed by atoms with Gasteiger partial charge in [-0.15, -0.1) is 0 Å². The van der Waals surface area contributed by atoms with Crippen molar-refractivity contribution < 1.29 is 14.3 Å². The van der Waals surface area contributed by atoms with Crippen molar-refractivity contribution in [3.8, 4) is 17.2 Å². The molecule has 2 unspecified atom stereocenters. The summed E-state index contributed by atoms with van der Waals surface area (Å²) < 4.78 is 13.3. The molecular weight excluding hydrogens is 330 g/mol. The van der Waals surface area contributed by atoms with Crippen molar-refractivity contribution in [1.82, 2.24) is 14.9 Å². The first kappa shape index (κ1) is 16.2. The number of ether oxygens (including phenoxy) is 2. The SMILES string of the molecule is CC(NC(=O)C1COc2ccccc2O1)c1ccc(-n2ccnc2)cc1. The summed E-state index contributed by atoms with van der Waals surface area (Å²) in [5.41, 5.74) is 2.03. The Morgan fingerprint density at radius 3 is 2.69 bits per heavy atom. The van der Waals surface area contributed by atoms with E-state index in [1.807, 2.05) is 60.2 Å². The smallest absolute Gasteiger partial charge is 0.265 e. The first-order valence-electron chi connectivity index (χ1n) is 8.48. The number of fused-ring (bicyclic) bond motifs is 1. The Bertz CT molecular complexity index is 891. The fourth-order valence-corrected chi connectivity index (χ4v) is 2.89. The van der Waals surface area contributed by atoms with Crippen LogP contribution in [0.1, 0.15) is 18.5 Å². The number of nitrogens with one attached hydrogen (secondary N) is 1. The lowest BCUT2D eigenvalue weighted by Crippen LogP contribution is -2.44. The highest BCUT2D eigenvalue weighted by Gasteiger charge is 2.28. The Kier molecular flexibility index (Phi) is 4.31. The van der Waals surface area contributed by atoms with Crippen molar-refractivity contribution in [1.29, 1.82) is 0 Å². The van der Waals surface area contributed by atoms with Gasteiger partial charge in [0, 0.05) is 18.1 Å². The lowest BCUT2D eigenvalue weighted by atomic mass is 10.1. The van der Waals surface area contributed by atoms with Crippen LogP contribution in [0.3, 0.4) is 0 Å². The maximum Gasteiger partial charge on any atom is 0.265 e. The number of carbonyl (C=O) groups is 1. The van der Waals surface area contributed by atoms with E-state index in [2.05, 4.69) is 10.3 Å². The number of para-hydroxylation sites is 2. The van der Waals surface area contributed by atoms with Crippen molar-refractivity contribution in [3.05, 3.63) is 72.8 Å². The van der Waals surface area contributed by atoms with Gasteiger partial charge in [-0.3, -0.25) is 4.79 Å². The molecule has 3 aromatic rings. The van der Waals surface area contributed by atoms with Gasteiger partial charge in [0.15, 0.2) is 11.5 Å². The molecule has 0 saturated heterocycles. The van der Waals surface area contributed by atoms with Crippen molar-refractivity contribution in [3.63, 3.8) is 0 Å². The van der Waals surface area contributed by atoms with E-state index < -0.39 is 6.10 Å². The van der Waals surface area contributed by atoms with Crippen LogP contribution >= 0.6 is 0 Å². The highest BCUT2D eigenvalue weighted by molar-refractivity contribution is 5.82. The molecule has 6 nitrogen and oxygen atoms in total. The van der Waals surface area contributed by atoms with Crippen molar-refractivity contribution in [2.75, 3.05) is 6.61 Å².